The molecule has 4 heterocycles. The molecular formula is C31H26N4O6. The van der Waals surface area contributed by atoms with Gasteiger partial charge >= 0.3 is 11.9 Å². The molecule has 0 radical (unpaired) electrons. The normalized spacial score (nSPS) is 10.6. The molecule has 2 aromatic carbocycles. The highest BCUT2D eigenvalue weighted by Crippen LogP contribution is 2.29. The number of carbonyl (C=O) groups excluding carboxylic acids is 1. The lowest BCUT2D eigenvalue weighted by molar-refractivity contribution is 0.0602. The van der Waals surface area contributed by atoms with Crippen molar-refractivity contribution in [3.63, 3.8) is 0 Å². The molecular weight excluding hydrogens is 524 g/mol. The number of pyridine rings is 2. The van der Waals surface area contributed by atoms with Crippen LogP contribution in [0, 0.1) is 0 Å². The van der Waals surface area contributed by atoms with Gasteiger partial charge in [-0.15, -0.1) is 0 Å². The van der Waals surface area contributed by atoms with Crippen molar-refractivity contribution < 1.29 is 28.9 Å². The van der Waals surface area contributed by atoms with E-state index in [1.807, 2.05) is 60.7 Å². The van der Waals surface area contributed by atoms with Crippen LogP contribution in [0.1, 0.15) is 20.7 Å². The number of carboxylic acids is 1. The fraction of sp³-hybridized carbons (Fsp3) is 0.0968. The van der Waals surface area contributed by atoms with Crippen molar-refractivity contribution in [2.24, 2.45) is 0 Å². The zero-order chi connectivity index (χ0) is 28.9. The van der Waals surface area contributed by atoms with Gasteiger partial charge in [-0.3, -0.25) is 0 Å². The molecule has 0 fully saturated rings. The highest BCUT2D eigenvalue weighted by molar-refractivity contribution is 6.03. The molecule has 0 spiro atoms. The summed E-state index contributed by atoms with van der Waals surface area (Å²) in [4.78, 5) is 23.7. The summed E-state index contributed by atoms with van der Waals surface area (Å²) >= 11 is 0. The monoisotopic (exact) mass is 550 g/mol. The molecule has 0 saturated heterocycles. The molecule has 0 bridgehead atoms. The number of carboxylic acid groups (broad SMARTS) is 1. The Morgan fingerprint density at radius 3 is 1.49 bits per heavy atom. The second-order valence-electron chi connectivity index (χ2n) is 8.77. The lowest BCUT2D eigenvalue weighted by Gasteiger charge is -2.02. The van der Waals surface area contributed by atoms with E-state index < -0.39 is 11.9 Å². The minimum Gasteiger partial charge on any atom is -0.495 e. The smallest absolute Gasteiger partial charge is 0.342 e. The first-order chi connectivity index (χ1) is 19.9. The summed E-state index contributed by atoms with van der Waals surface area (Å²) in [7, 11) is 4.51. The molecule has 6 rings (SSSR count). The van der Waals surface area contributed by atoms with Gasteiger partial charge in [0.05, 0.1) is 44.8 Å². The SMILES string of the molecule is COC(=O)c1c(-c2ccccc2)nn2cc(OC)ccc12.COc1ccc2c(C(=O)O)c(-c3ccccc3)nn2c1. The average molecular weight is 551 g/mol. The number of hydrogen-bond acceptors (Lipinski definition) is 7. The quantitative estimate of drug-likeness (QED) is 0.270. The van der Waals surface area contributed by atoms with Gasteiger partial charge < -0.3 is 19.3 Å². The lowest BCUT2D eigenvalue weighted by atomic mass is 10.1. The Morgan fingerprint density at radius 2 is 1.07 bits per heavy atom. The maximum atomic E-state index is 12.1. The van der Waals surface area contributed by atoms with E-state index in [0.717, 1.165) is 11.1 Å². The molecule has 10 nitrogen and oxygen atoms in total. The van der Waals surface area contributed by atoms with Crippen molar-refractivity contribution in [3.8, 4) is 34.0 Å². The van der Waals surface area contributed by atoms with Gasteiger partial charge in [-0.2, -0.15) is 10.2 Å². The fourth-order valence-corrected chi connectivity index (χ4v) is 4.41. The number of methoxy groups -OCH3 is 3. The average Bonchev–Trinajstić information content (AvgIpc) is 3.60. The van der Waals surface area contributed by atoms with Crippen molar-refractivity contribution >= 4 is 23.0 Å². The van der Waals surface area contributed by atoms with Crippen LogP contribution in [0.25, 0.3) is 33.5 Å². The Labute approximate surface area is 235 Å². The second-order valence-corrected chi connectivity index (χ2v) is 8.77. The Kier molecular flexibility index (Phi) is 7.64. The number of aromatic carboxylic acids is 1. The molecule has 6 aromatic rings. The Bertz CT molecular complexity index is 1850. The van der Waals surface area contributed by atoms with E-state index in [9.17, 15) is 14.7 Å². The predicted molar refractivity (Wildman–Crippen MR) is 153 cm³/mol. The molecule has 1 N–H and O–H groups in total. The number of nitrogens with zero attached hydrogens (tertiary/aromatic N) is 4. The standard InChI is InChI=1S/C16H14N2O3.C15H12N2O3/c1-20-12-8-9-13-14(16(19)21-2)15(17-18(13)10-12)11-6-4-3-5-7-11;1-20-11-7-8-12-13(15(18)19)14(16-17(12)9-11)10-5-3-2-4-6-10/h3-10H,1-2H3;2-9H,1H3,(H,18,19). The summed E-state index contributed by atoms with van der Waals surface area (Å²) in [5.74, 6) is -0.115. The molecule has 0 atom stereocenters. The van der Waals surface area contributed by atoms with E-state index in [2.05, 4.69) is 10.2 Å². The molecule has 41 heavy (non-hydrogen) atoms. The number of ether oxygens (including phenoxy) is 3. The molecule has 0 unspecified atom stereocenters. The van der Waals surface area contributed by atoms with Gasteiger partial charge in [0.1, 0.15) is 34.0 Å². The van der Waals surface area contributed by atoms with Gasteiger partial charge in [0.2, 0.25) is 0 Å². The van der Waals surface area contributed by atoms with Gasteiger partial charge in [-0.05, 0) is 24.3 Å². The highest BCUT2D eigenvalue weighted by Gasteiger charge is 2.22. The van der Waals surface area contributed by atoms with Crippen molar-refractivity contribution in [2.75, 3.05) is 21.3 Å². The Balaban J connectivity index is 0.000000165. The summed E-state index contributed by atoms with van der Waals surface area (Å²) in [6.07, 6.45) is 3.39. The molecule has 0 saturated carbocycles. The second kappa shape index (κ2) is 11.6. The number of fused-ring (bicyclic) bond motifs is 2. The number of hydrogen-bond donors (Lipinski definition) is 1. The summed E-state index contributed by atoms with van der Waals surface area (Å²) < 4.78 is 18.4. The third kappa shape index (κ3) is 5.30. The van der Waals surface area contributed by atoms with E-state index in [0.29, 0.717) is 39.5 Å². The van der Waals surface area contributed by atoms with E-state index in [1.54, 1.807) is 55.4 Å². The van der Waals surface area contributed by atoms with Gasteiger partial charge in [0, 0.05) is 11.1 Å². The minimum absolute atomic E-state index is 0.193. The van der Waals surface area contributed by atoms with Crippen LogP contribution in [0.2, 0.25) is 0 Å². The first-order valence-electron chi connectivity index (χ1n) is 12.5. The summed E-state index contributed by atoms with van der Waals surface area (Å²) in [6, 6.07) is 25.8. The largest absolute Gasteiger partial charge is 0.495 e. The van der Waals surface area contributed by atoms with Crippen LogP contribution in [0.4, 0.5) is 0 Å². The van der Waals surface area contributed by atoms with Crippen LogP contribution in [0.15, 0.2) is 97.3 Å². The Morgan fingerprint density at radius 1 is 0.634 bits per heavy atom. The number of esters is 1. The van der Waals surface area contributed by atoms with Crippen molar-refractivity contribution in [2.45, 2.75) is 0 Å². The molecule has 0 aliphatic rings. The van der Waals surface area contributed by atoms with Gasteiger partial charge in [-0.25, -0.2) is 18.6 Å². The topological polar surface area (TPSA) is 117 Å². The van der Waals surface area contributed by atoms with E-state index in [1.165, 1.54) is 11.6 Å². The van der Waals surface area contributed by atoms with E-state index >= 15 is 0 Å². The lowest BCUT2D eigenvalue weighted by Crippen LogP contribution is -2.02. The number of aromatic nitrogens is 4. The van der Waals surface area contributed by atoms with E-state index in [4.69, 9.17) is 14.2 Å². The van der Waals surface area contributed by atoms with Crippen LogP contribution in [-0.2, 0) is 4.74 Å². The fourth-order valence-electron chi connectivity index (χ4n) is 4.41. The first-order valence-corrected chi connectivity index (χ1v) is 12.5. The predicted octanol–water partition coefficient (Wildman–Crippen LogP) is 5.50. The Hall–Kier alpha value is -5.64. The summed E-state index contributed by atoms with van der Waals surface area (Å²) in [6.45, 7) is 0. The van der Waals surface area contributed by atoms with Gasteiger partial charge in [0.25, 0.3) is 0 Å². The van der Waals surface area contributed by atoms with Crippen LogP contribution >= 0.6 is 0 Å². The first kappa shape index (κ1) is 26.9. The maximum absolute atomic E-state index is 12.1. The van der Waals surface area contributed by atoms with Crippen LogP contribution in [-0.4, -0.2) is 57.6 Å². The molecule has 4 aromatic heterocycles. The van der Waals surface area contributed by atoms with Gasteiger partial charge in [0.15, 0.2) is 0 Å². The summed E-state index contributed by atoms with van der Waals surface area (Å²) in [5, 5.41) is 18.3. The van der Waals surface area contributed by atoms with E-state index in [-0.39, 0.29) is 5.56 Å². The van der Waals surface area contributed by atoms with Crippen LogP contribution in [0.5, 0.6) is 11.5 Å². The van der Waals surface area contributed by atoms with Crippen molar-refractivity contribution in [1.29, 1.82) is 0 Å². The summed E-state index contributed by atoms with van der Waals surface area (Å²) in [5.41, 5.74) is 4.54. The number of carbonyl (C=O) groups is 2. The number of rotatable bonds is 6. The van der Waals surface area contributed by atoms with Crippen molar-refractivity contribution in [1.82, 2.24) is 19.2 Å². The third-order valence-electron chi connectivity index (χ3n) is 6.37. The molecule has 0 amide bonds. The minimum atomic E-state index is -0.996. The molecule has 206 valence electrons. The highest BCUT2D eigenvalue weighted by atomic mass is 16.5. The van der Waals surface area contributed by atoms with Gasteiger partial charge in [-0.1, -0.05) is 60.7 Å². The van der Waals surface area contributed by atoms with Crippen LogP contribution < -0.4 is 9.47 Å². The zero-order valence-corrected chi connectivity index (χ0v) is 22.5. The molecule has 0 aliphatic carbocycles. The number of benzene rings is 2. The molecule has 0 aliphatic heterocycles. The van der Waals surface area contributed by atoms with Crippen molar-refractivity contribution in [3.05, 3.63) is 108 Å². The van der Waals surface area contributed by atoms with Crippen LogP contribution in [0.3, 0.4) is 0 Å². The molecule has 10 heteroatoms. The maximum Gasteiger partial charge on any atom is 0.342 e. The zero-order valence-electron chi connectivity index (χ0n) is 22.5. The third-order valence-corrected chi connectivity index (χ3v) is 6.37.